The highest BCUT2D eigenvalue weighted by Gasteiger charge is 2.27. The molecule has 1 heterocycles. The first-order valence-electron chi connectivity index (χ1n) is 6.39. The Kier molecular flexibility index (Phi) is 3.93. The zero-order chi connectivity index (χ0) is 11.4. The van der Waals surface area contributed by atoms with Gasteiger partial charge in [-0.15, -0.1) is 0 Å². The molecule has 0 aliphatic heterocycles. The summed E-state index contributed by atoms with van der Waals surface area (Å²) < 4.78 is 2.04. The van der Waals surface area contributed by atoms with Crippen molar-refractivity contribution >= 4 is 0 Å². The van der Waals surface area contributed by atoms with Gasteiger partial charge < -0.3 is 5.32 Å². The van der Waals surface area contributed by atoms with Crippen molar-refractivity contribution in [3.63, 3.8) is 0 Å². The molecule has 0 spiro atoms. The molecule has 1 aromatic rings. The zero-order valence-corrected chi connectivity index (χ0v) is 10.3. The maximum atomic E-state index is 4.38. The van der Waals surface area contributed by atoms with Crippen LogP contribution >= 0.6 is 0 Å². The molecule has 1 saturated carbocycles. The second kappa shape index (κ2) is 5.43. The first-order valence-corrected chi connectivity index (χ1v) is 6.39. The van der Waals surface area contributed by atoms with E-state index in [9.17, 15) is 0 Å². The fraction of sp³-hybridized carbons (Fsp3) is 0.833. The topological polar surface area (TPSA) is 42.7 Å². The van der Waals surface area contributed by atoms with E-state index in [0.717, 1.165) is 31.1 Å². The van der Waals surface area contributed by atoms with Crippen molar-refractivity contribution in [2.75, 3.05) is 7.05 Å². The van der Waals surface area contributed by atoms with Crippen LogP contribution in [-0.2, 0) is 13.0 Å². The van der Waals surface area contributed by atoms with Gasteiger partial charge in [-0.3, -0.25) is 4.68 Å². The molecular formula is C12H22N4. The quantitative estimate of drug-likeness (QED) is 0.795. The van der Waals surface area contributed by atoms with E-state index < -0.39 is 0 Å². The Labute approximate surface area is 97.5 Å². The number of hydrogen-bond acceptors (Lipinski definition) is 3. The van der Waals surface area contributed by atoms with E-state index in [4.69, 9.17) is 0 Å². The number of nitrogens with zero attached hydrogens (tertiary/aromatic N) is 3. The van der Waals surface area contributed by atoms with Gasteiger partial charge >= 0.3 is 0 Å². The van der Waals surface area contributed by atoms with E-state index in [-0.39, 0.29) is 0 Å². The van der Waals surface area contributed by atoms with Gasteiger partial charge in [-0.05, 0) is 32.2 Å². The third kappa shape index (κ3) is 2.43. The van der Waals surface area contributed by atoms with Crippen molar-refractivity contribution in [1.29, 1.82) is 0 Å². The number of nitrogens with one attached hydrogen (secondary N) is 1. The summed E-state index contributed by atoms with van der Waals surface area (Å²) >= 11 is 0. The monoisotopic (exact) mass is 222 g/mol. The Morgan fingerprint density at radius 2 is 2.38 bits per heavy atom. The number of rotatable bonds is 6. The molecule has 1 aliphatic rings. The Balaban J connectivity index is 1.97. The van der Waals surface area contributed by atoms with Gasteiger partial charge in [0.1, 0.15) is 12.2 Å². The van der Waals surface area contributed by atoms with E-state index >= 15 is 0 Å². The lowest BCUT2D eigenvalue weighted by molar-refractivity contribution is 0.232. The van der Waals surface area contributed by atoms with Gasteiger partial charge in [0.2, 0.25) is 0 Å². The average molecular weight is 222 g/mol. The number of aromatic nitrogens is 3. The van der Waals surface area contributed by atoms with Crippen LogP contribution in [-0.4, -0.2) is 27.9 Å². The first-order chi connectivity index (χ1) is 7.85. The minimum atomic E-state index is 0.577. The van der Waals surface area contributed by atoms with Gasteiger partial charge in [-0.25, -0.2) is 4.98 Å². The van der Waals surface area contributed by atoms with Crippen LogP contribution in [0.2, 0.25) is 0 Å². The minimum absolute atomic E-state index is 0.577. The Morgan fingerprint density at radius 1 is 1.56 bits per heavy atom. The van der Waals surface area contributed by atoms with Crippen LogP contribution in [0.25, 0.3) is 0 Å². The molecular weight excluding hydrogens is 200 g/mol. The Hall–Kier alpha value is -0.900. The molecule has 2 rings (SSSR count). The molecule has 1 atom stereocenters. The first kappa shape index (κ1) is 11.6. The van der Waals surface area contributed by atoms with E-state index in [1.807, 2.05) is 4.68 Å². The molecule has 4 heteroatoms. The van der Waals surface area contributed by atoms with Gasteiger partial charge in [0.15, 0.2) is 0 Å². The van der Waals surface area contributed by atoms with E-state index in [1.54, 1.807) is 6.33 Å². The van der Waals surface area contributed by atoms with Gasteiger partial charge in [-0.1, -0.05) is 13.3 Å². The summed E-state index contributed by atoms with van der Waals surface area (Å²) in [6, 6.07) is 0.577. The predicted octanol–water partition coefficient (Wildman–Crippen LogP) is 1.62. The second-order valence-corrected chi connectivity index (χ2v) is 4.69. The normalized spacial score (nSPS) is 18.4. The summed E-state index contributed by atoms with van der Waals surface area (Å²) in [5.41, 5.74) is 0. The van der Waals surface area contributed by atoms with Gasteiger partial charge in [0, 0.05) is 19.0 Å². The van der Waals surface area contributed by atoms with Crippen LogP contribution in [0.3, 0.4) is 0 Å². The van der Waals surface area contributed by atoms with E-state index in [2.05, 4.69) is 29.4 Å². The lowest BCUT2D eigenvalue weighted by Crippen LogP contribution is -2.39. The molecule has 0 amide bonds. The van der Waals surface area contributed by atoms with Crippen LogP contribution in [0.4, 0.5) is 0 Å². The van der Waals surface area contributed by atoms with E-state index in [0.29, 0.717) is 6.04 Å². The summed E-state index contributed by atoms with van der Waals surface area (Å²) in [6.45, 7) is 3.16. The van der Waals surface area contributed by atoms with Crippen molar-refractivity contribution in [3.05, 3.63) is 12.2 Å². The molecule has 1 unspecified atom stereocenters. The molecule has 1 aliphatic carbocycles. The number of aryl methyl sites for hydroxylation is 1. The number of likely N-dealkylation sites (N-methyl/N-ethyl adjacent to an activating group) is 1. The molecule has 0 radical (unpaired) electrons. The third-order valence-corrected chi connectivity index (χ3v) is 3.62. The largest absolute Gasteiger partial charge is 0.316 e. The SMILES string of the molecule is CCCn1ncnc1CC(NC)C1CCC1. The number of hydrogen-bond donors (Lipinski definition) is 1. The Morgan fingerprint density at radius 3 is 2.94 bits per heavy atom. The molecule has 90 valence electrons. The highest BCUT2D eigenvalue weighted by molar-refractivity contribution is 4.93. The van der Waals surface area contributed by atoms with Crippen LogP contribution < -0.4 is 5.32 Å². The summed E-state index contributed by atoms with van der Waals surface area (Å²) in [5, 5.41) is 7.70. The van der Waals surface area contributed by atoms with Crippen molar-refractivity contribution in [2.45, 2.75) is 51.6 Å². The predicted molar refractivity (Wildman–Crippen MR) is 64.2 cm³/mol. The van der Waals surface area contributed by atoms with Crippen molar-refractivity contribution in [2.24, 2.45) is 5.92 Å². The van der Waals surface area contributed by atoms with Crippen LogP contribution in [0.5, 0.6) is 0 Å². The van der Waals surface area contributed by atoms with Crippen LogP contribution in [0.1, 0.15) is 38.4 Å². The third-order valence-electron chi connectivity index (χ3n) is 3.62. The van der Waals surface area contributed by atoms with Crippen LogP contribution in [0.15, 0.2) is 6.33 Å². The van der Waals surface area contributed by atoms with Crippen molar-refractivity contribution in [1.82, 2.24) is 20.1 Å². The molecule has 1 aromatic heterocycles. The average Bonchev–Trinajstić information content (AvgIpc) is 2.63. The maximum Gasteiger partial charge on any atom is 0.138 e. The van der Waals surface area contributed by atoms with Crippen molar-refractivity contribution in [3.8, 4) is 0 Å². The second-order valence-electron chi connectivity index (χ2n) is 4.69. The van der Waals surface area contributed by atoms with Crippen LogP contribution in [0, 0.1) is 5.92 Å². The highest BCUT2D eigenvalue weighted by Crippen LogP contribution is 2.30. The fourth-order valence-corrected chi connectivity index (χ4v) is 2.39. The van der Waals surface area contributed by atoms with Gasteiger partial charge in [0.25, 0.3) is 0 Å². The molecule has 0 bridgehead atoms. The van der Waals surface area contributed by atoms with Gasteiger partial charge in [-0.2, -0.15) is 5.10 Å². The van der Waals surface area contributed by atoms with Crippen molar-refractivity contribution < 1.29 is 0 Å². The molecule has 16 heavy (non-hydrogen) atoms. The molecule has 1 fully saturated rings. The minimum Gasteiger partial charge on any atom is -0.316 e. The maximum absolute atomic E-state index is 4.38. The summed E-state index contributed by atoms with van der Waals surface area (Å²) in [4.78, 5) is 4.38. The molecule has 0 aromatic carbocycles. The summed E-state index contributed by atoms with van der Waals surface area (Å²) in [6.07, 6.45) is 7.94. The molecule has 4 nitrogen and oxygen atoms in total. The lowest BCUT2D eigenvalue weighted by Gasteiger charge is -2.33. The summed E-state index contributed by atoms with van der Waals surface area (Å²) in [5.74, 6) is 1.98. The fourth-order valence-electron chi connectivity index (χ4n) is 2.39. The van der Waals surface area contributed by atoms with Gasteiger partial charge in [0.05, 0.1) is 0 Å². The van der Waals surface area contributed by atoms with E-state index in [1.165, 1.54) is 19.3 Å². The zero-order valence-electron chi connectivity index (χ0n) is 10.3. The molecule has 1 N–H and O–H groups in total. The Bertz CT molecular complexity index is 317. The molecule has 0 saturated heterocycles. The highest BCUT2D eigenvalue weighted by atomic mass is 15.3. The summed E-state index contributed by atoms with van der Waals surface area (Å²) in [7, 11) is 2.06. The smallest absolute Gasteiger partial charge is 0.138 e. The standard InChI is InChI=1S/C12H22N4/c1-3-7-16-12(14-9-15-16)8-11(13-2)10-5-4-6-10/h9-11,13H,3-8H2,1-2H3. The lowest BCUT2D eigenvalue weighted by atomic mass is 9.78.